The van der Waals surface area contributed by atoms with Crippen LogP contribution in [0.15, 0.2) is 30.3 Å². The molecule has 2 heterocycles. The molecule has 0 bridgehead atoms. The summed E-state index contributed by atoms with van der Waals surface area (Å²) < 4.78 is 1.66. The van der Waals surface area contributed by atoms with E-state index in [-0.39, 0.29) is 6.61 Å². The molecule has 0 atom stereocenters. The molecule has 0 saturated heterocycles. The van der Waals surface area contributed by atoms with Crippen LogP contribution in [0.3, 0.4) is 0 Å². The van der Waals surface area contributed by atoms with Gasteiger partial charge in [-0.1, -0.05) is 18.2 Å². The Morgan fingerprint density at radius 3 is 3.00 bits per heavy atom. The fourth-order valence-corrected chi connectivity index (χ4v) is 1.75. The number of aromatic nitrogens is 4. The maximum Gasteiger partial charge on any atom is 0.180 e. The van der Waals surface area contributed by atoms with Crippen LogP contribution in [0.4, 0.5) is 0 Å². The first-order valence-corrected chi connectivity index (χ1v) is 4.60. The van der Waals surface area contributed by atoms with E-state index >= 15 is 0 Å². The molecule has 0 aliphatic rings. The van der Waals surface area contributed by atoms with Crippen LogP contribution in [0.2, 0.25) is 0 Å². The molecule has 5 nitrogen and oxygen atoms in total. The van der Waals surface area contributed by atoms with Crippen molar-refractivity contribution in [2.75, 3.05) is 0 Å². The number of benzene rings is 1. The van der Waals surface area contributed by atoms with Crippen molar-refractivity contribution in [1.82, 2.24) is 20.0 Å². The molecule has 0 unspecified atom stereocenters. The molecule has 0 radical (unpaired) electrons. The lowest BCUT2D eigenvalue weighted by Crippen LogP contribution is -1.95. The number of rotatable bonds is 1. The monoisotopic (exact) mass is 200 g/mol. The summed E-state index contributed by atoms with van der Waals surface area (Å²) in [6.07, 6.45) is 0. The minimum atomic E-state index is -0.0100. The van der Waals surface area contributed by atoms with Gasteiger partial charge in [0, 0.05) is 5.39 Å². The summed E-state index contributed by atoms with van der Waals surface area (Å²) in [6.45, 7) is -0.0100. The number of pyridine rings is 1. The van der Waals surface area contributed by atoms with Crippen LogP contribution in [0, 0.1) is 0 Å². The minimum absolute atomic E-state index is 0.0100. The predicted molar refractivity (Wildman–Crippen MR) is 54.2 cm³/mol. The van der Waals surface area contributed by atoms with Gasteiger partial charge in [-0.25, -0.2) is 0 Å². The summed E-state index contributed by atoms with van der Waals surface area (Å²) in [5, 5.41) is 21.6. The van der Waals surface area contributed by atoms with Crippen LogP contribution < -0.4 is 0 Å². The summed E-state index contributed by atoms with van der Waals surface area (Å²) in [7, 11) is 0. The number of aliphatic hydroxyl groups excluding tert-OH is 1. The number of para-hydroxylation sites is 1. The Morgan fingerprint density at radius 2 is 2.13 bits per heavy atom. The first kappa shape index (κ1) is 8.31. The van der Waals surface area contributed by atoms with Crippen molar-refractivity contribution in [2.24, 2.45) is 0 Å². The van der Waals surface area contributed by atoms with Gasteiger partial charge in [0.05, 0.1) is 12.1 Å². The van der Waals surface area contributed by atoms with Gasteiger partial charge >= 0.3 is 0 Å². The molecular weight excluding hydrogens is 192 g/mol. The molecule has 5 heteroatoms. The molecule has 2 aromatic heterocycles. The van der Waals surface area contributed by atoms with Gasteiger partial charge in [0.25, 0.3) is 0 Å². The highest BCUT2D eigenvalue weighted by Gasteiger charge is 2.06. The minimum Gasteiger partial charge on any atom is -0.392 e. The lowest BCUT2D eigenvalue weighted by Gasteiger charge is -2.04. The maximum absolute atomic E-state index is 9.25. The van der Waals surface area contributed by atoms with Crippen molar-refractivity contribution in [1.29, 1.82) is 0 Å². The normalized spacial score (nSPS) is 11.3. The van der Waals surface area contributed by atoms with Crippen LogP contribution in [-0.4, -0.2) is 25.1 Å². The van der Waals surface area contributed by atoms with E-state index in [0.717, 1.165) is 16.5 Å². The molecule has 0 spiro atoms. The van der Waals surface area contributed by atoms with E-state index < -0.39 is 0 Å². The molecule has 1 N–H and O–H groups in total. The molecular formula is C10H8N4O. The first-order chi connectivity index (χ1) is 7.40. The molecule has 0 amide bonds. The van der Waals surface area contributed by atoms with E-state index in [1.54, 1.807) is 10.6 Å². The van der Waals surface area contributed by atoms with Crippen molar-refractivity contribution in [3.8, 4) is 0 Å². The Morgan fingerprint density at radius 1 is 1.27 bits per heavy atom. The zero-order valence-electron chi connectivity index (χ0n) is 7.83. The quantitative estimate of drug-likeness (QED) is 0.630. The van der Waals surface area contributed by atoms with E-state index in [1.165, 1.54) is 0 Å². The average Bonchev–Trinajstić information content (AvgIpc) is 2.76. The highest BCUT2D eigenvalue weighted by Crippen LogP contribution is 2.19. The zero-order chi connectivity index (χ0) is 10.3. The van der Waals surface area contributed by atoms with Crippen LogP contribution in [0.5, 0.6) is 0 Å². The van der Waals surface area contributed by atoms with Crippen molar-refractivity contribution in [3.63, 3.8) is 0 Å². The Hall–Kier alpha value is -2.01. The number of fused-ring (bicyclic) bond motifs is 3. The Bertz CT molecular complexity index is 631. The van der Waals surface area contributed by atoms with Gasteiger partial charge in [0.1, 0.15) is 0 Å². The molecule has 74 valence electrons. The molecule has 15 heavy (non-hydrogen) atoms. The van der Waals surface area contributed by atoms with E-state index in [4.69, 9.17) is 0 Å². The second-order valence-corrected chi connectivity index (χ2v) is 3.29. The smallest absolute Gasteiger partial charge is 0.180 e. The van der Waals surface area contributed by atoms with E-state index in [0.29, 0.717) is 5.65 Å². The Kier molecular flexibility index (Phi) is 1.66. The standard InChI is InChI=1S/C10H8N4O/c15-6-7-5-10-11-12-13-14(10)9-4-2-1-3-8(7)9/h1-5,15H,6H2. The Balaban J connectivity index is 2.58. The van der Waals surface area contributed by atoms with E-state index in [1.807, 2.05) is 24.3 Å². The van der Waals surface area contributed by atoms with E-state index in [2.05, 4.69) is 15.5 Å². The fourth-order valence-electron chi connectivity index (χ4n) is 1.75. The summed E-state index contributed by atoms with van der Waals surface area (Å²) >= 11 is 0. The molecule has 3 aromatic rings. The van der Waals surface area contributed by atoms with E-state index in [9.17, 15) is 5.11 Å². The highest BCUT2D eigenvalue weighted by atomic mass is 16.3. The van der Waals surface area contributed by atoms with Gasteiger partial charge < -0.3 is 5.11 Å². The van der Waals surface area contributed by atoms with Crippen molar-refractivity contribution in [3.05, 3.63) is 35.9 Å². The Labute approximate surface area is 85.0 Å². The molecule has 3 rings (SSSR count). The second-order valence-electron chi connectivity index (χ2n) is 3.29. The second kappa shape index (κ2) is 2.99. The van der Waals surface area contributed by atoms with Crippen molar-refractivity contribution >= 4 is 16.6 Å². The summed E-state index contributed by atoms with van der Waals surface area (Å²) in [5.74, 6) is 0. The third-order valence-electron chi connectivity index (χ3n) is 2.45. The maximum atomic E-state index is 9.25. The van der Waals surface area contributed by atoms with Gasteiger partial charge in [-0.3, -0.25) is 0 Å². The van der Waals surface area contributed by atoms with Crippen molar-refractivity contribution in [2.45, 2.75) is 6.61 Å². The number of tetrazole rings is 1. The van der Waals surface area contributed by atoms with Gasteiger partial charge in [-0.15, -0.1) is 5.10 Å². The van der Waals surface area contributed by atoms with Crippen LogP contribution in [0.1, 0.15) is 5.56 Å². The molecule has 0 aliphatic carbocycles. The molecule has 0 aliphatic heterocycles. The van der Waals surface area contributed by atoms with Gasteiger partial charge in [-0.2, -0.15) is 4.52 Å². The summed E-state index contributed by atoms with van der Waals surface area (Å²) in [5.41, 5.74) is 2.40. The molecule has 0 fully saturated rings. The van der Waals surface area contributed by atoms with Gasteiger partial charge in [0.15, 0.2) is 5.65 Å². The number of nitrogens with zero attached hydrogens (tertiary/aromatic N) is 4. The largest absolute Gasteiger partial charge is 0.392 e. The molecule has 1 aromatic carbocycles. The third kappa shape index (κ3) is 1.10. The lowest BCUT2D eigenvalue weighted by atomic mass is 10.1. The number of aliphatic hydroxyl groups is 1. The van der Waals surface area contributed by atoms with Gasteiger partial charge in [-0.05, 0) is 28.1 Å². The van der Waals surface area contributed by atoms with Crippen molar-refractivity contribution < 1.29 is 5.11 Å². The zero-order valence-corrected chi connectivity index (χ0v) is 7.83. The first-order valence-electron chi connectivity index (χ1n) is 4.60. The lowest BCUT2D eigenvalue weighted by molar-refractivity contribution is 0.283. The fraction of sp³-hybridized carbons (Fsp3) is 0.100. The van der Waals surface area contributed by atoms with Crippen LogP contribution >= 0.6 is 0 Å². The summed E-state index contributed by atoms with van der Waals surface area (Å²) in [6, 6.07) is 9.52. The van der Waals surface area contributed by atoms with Gasteiger partial charge in [0.2, 0.25) is 0 Å². The van der Waals surface area contributed by atoms with Crippen LogP contribution in [0.25, 0.3) is 16.6 Å². The topological polar surface area (TPSA) is 63.3 Å². The predicted octanol–water partition coefficient (Wildman–Crippen LogP) is 0.770. The SMILES string of the molecule is OCc1cc2nnnn2c2ccccc12. The van der Waals surface area contributed by atoms with Crippen LogP contribution in [-0.2, 0) is 6.61 Å². The number of hydrogen-bond acceptors (Lipinski definition) is 4. The number of hydrogen-bond donors (Lipinski definition) is 1. The average molecular weight is 200 g/mol. The summed E-state index contributed by atoms with van der Waals surface area (Å²) in [4.78, 5) is 0. The highest BCUT2D eigenvalue weighted by molar-refractivity contribution is 5.84. The molecule has 0 saturated carbocycles. The third-order valence-corrected chi connectivity index (χ3v) is 2.45.